The van der Waals surface area contributed by atoms with Crippen LogP contribution >= 0.6 is 11.3 Å². The number of hydrogen-bond acceptors (Lipinski definition) is 4. The molecule has 0 saturated carbocycles. The summed E-state index contributed by atoms with van der Waals surface area (Å²) in [4.78, 5) is 17.8. The van der Waals surface area contributed by atoms with E-state index < -0.39 is 0 Å². The molecular weight excluding hydrogens is 387 g/mol. The number of hydrogen-bond donors (Lipinski definition) is 1. The van der Waals surface area contributed by atoms with Crippen LogP contribution in [0.1, 0.15) is 15.4 Å². The van der Waals surface area contributed by atoms with Gasteiger partial charge in [0.25, 0.3) is 5.91 Å². The number of para-hydroxylation sites is 3. The molecule has 4 aromatic rings. The van der Waals surface area contributed by atoms with E-state index in [0.29, 0.717) is 32.8 Å². The quantitative estimate of drug-likeness (QED) is 0.424. The Labute approximate surface area is 171 Å². The molecule has 0 fully saturated rings. The molecule has 0 radical (unpaired) electrons. The van der Waals surface area contributed by atoms with Crippen LogP contribution in [0.3, 0.4) is 0 Å². The number of thiazole rings is 1. The first-order valence-corrected chi connectivity index (χ1v) is 9.78. The van der Waals surface area contributed by atoms with E-state index in [-0.39, 0.29) is 11.7 Å². The van der Waals surface area contributed by atoms with Gasteiger partial charge in [-0.2, -0.15) is 0 Å². The van der Waals surface area contributed by atoms with Crippen LogP contribution < -0.4 is 10.1 Å². The number of carbonyl (C=O) groups is 1. The molecule has 0 aliphatic rings. The monoisotopic (exact) mass is 404 g/mol. The van der Waals surface area contributed by atoms with Crippen LogP contribution in [0.4, 0.5) is 10.1 Å². The molecule has 1 N–H and O–H groups in total. The molecule has 0 bridgehead atoms. The van der Waals surface area contributed by atoms with E-state index in [1.165, 1.54) is 23.5 Å². The molecular formula is C23H17FN2O2S. The summed E-state index contributed by atoms with van der Waals surface area (Å²) in [5.41, 5.74) is 1.96. The highest BCUT2D eigenvalue weighted by molar-refractivity contribution is 7.17. The second kappa shape index (κ2) is 8.24. The molecule has 0 unspecified atom stereocenters. The summed E-state index contributed by atoms with van der Waals surface area (Å²) in [6.07, 6.45) is 0. The van der Waals surface area contributed by atoms with Crippen LogP contribution in [0.25, 0.3) is 10.6 Å². The molecule has 0 aliphatic heterocycles. The minimum absolute atomic E-state index is 0.266. The fourth-order valence-electron chi connectivity index (χ4n) is 2.78. The molecule has 0 aliphatic carbocycles. The molecule has 0 saturated heterocycles. The van der Waals surface area contributed by atoms with Crippen molar-refractivity contribution in [1.29, 1.82) is 0 Å². The fourth-order valence-corrected chi connectivity index (χ4v) is 3.74. The molecule has 1 heterocycles. The number of anilines is 1. The predicted octanol–water partition coefficient (Wildman–Crippen LogP) is 6.30. The second-order valence-corrected chi connectivity index (χ2v) is 7.30. The smallest absolute Gasteiger partial charge is 0.267 e. The number of rotatable bonds is 5. The zero-order valence-electron chi connectivity index (χ0n) is 15.6. The van der Waals surface area contributed by atoms with E-state index in [1.807, 2.05) is 42.5 Å². The maximum absolute atomic E-state index is 13.2. The summed E-state index contributed by atoms with van der Waals surface area (Å²) in [6, 6.07) is 22.7. The minimum atomic E-state index is -0.310. The number of ether oxygens (including phenoxy) is 1. The first kappa shape index (κ1) is 18.8. The van der Waals surface area contributed by atoms with Crippen LogP contribution in [-0.2, 0) is 0 Å². The standard InChI is InChI=1S/C23H17FN2O2S/c1-15-21(29-23(25-15)16-11-13-17(24)14-12-16)22(27)26-19-9-5-6-10-20(19)28-18-7-3-2-4-8-18/h2-14H,1H3,(H,26,27). The number of nitrogens with zero attached hydrogens (tertiary/aromatic N) is 1. The number of aryl methyl sites for hydroxylation is 1. The Kier molecular flexibility index (Phi) is 5.35. The molecule has 4 rings (SSSR count). The summed E-state index contributed by atoms with van der Waals surface area (Å²) in [6.45, 7) is 1.78. The van der Waals surface area contributed by atoms with Gasteiger partial charge in [-0.15, -0.1) is 11.3 Å². The van der Waals surface area contributed by atoms with Crippen LogP contribution in [0, 0.1) is 12.7 Å². The van der Waals surface area contributed by atoms with Crippen molar-refractivity contribution in [1.82, 2.24) is 4.98 Å². The topological polar surface area (TPSA) is 51.2 Å². The summed E-state index contributed by atoms with van der Waals surface area (Å²) in [5.74, 6) is 0.655. The van der Waals surface area contributed by atoms with Crippen molar-refractivity contribution in [2.75, 3.05) is 5.32 Å². The lowest BCUT2D eigenvalue weighted by Gasteiger charge is -2.11. The maximum Gasteiger partial charge on any atom is 0.267 e. The molecule has 6 heteroatoms. The Bertz CT molecular complexity index is 1140. The number of amides is 1. The van der Waals surface area contributed by atoms with E-state index in [1.54, 1.807) is 31.2 Å². The molecule has 3 aromatic carbocycles. The normalized spacial score (nSPS) is 10.6. The van der Waals surface area contributed by atoms with Crippen molar-refractivity contribution in [2.45, 2.75) is 6.92 Å². The molecule has 0 spiro atoms. The fraction of sp³-hybridized carbons (Fsp3) is 0.0435. The third-order valence-electron chi connectivity index (χ3n) is 4.20. The van der Waals surface area contributed by atoms with Crippen molar-refractivity contribution >= 4 is 22.9 Å². The van der Waals surface area contributed by atoms with Crippen LogP contribution in [0.5, 0.6) is 11.5 Å². The number of nitrogens with one attached hydrogen (secondary N) is 1. The van der Waals surface area contributed by atoms with E-state index in [4.69, 9.17) is 4.74 Å². The molecule has 144 valence electrons. The molecule has 4 nitrogen and oxygen atoms in total. The molecule has 29 heavy (non-hydrogen) atoms. The highest BCUT2D eigenvalue weighted by atomic mass is 32.1. The van der Waals surface area contributed by atoms with Gasteiger partial charge in [0.05, 0.1) is 11.4 Å². The Morgan fingerprint density at radius 3 is 2.41 bits per heavy atom. The van der Waals surface area contributed by atoms with Gasteiger partial charge in [-0.3, -0.25) is 4.79 Å². The number of carbonyl (C=O) groups excluding carboxylic acids is 1. The van der Waals surface area contributed by atoms with Crippen LogP contribution in [-0.4, -0.2) is 10.9 Å². The van der Waals surface area contributed by atoms with E-state index in [2.05, 4.69) is 10.3 Å². The number of halogens is 1. The first-order chi connectivity index (χ1) is 14.1. The van der Waals surface area contributed by atoms with Gasteiger partial charge in [-0.25, -0.2) is 9.37 Å². The highest BCUT2D eigenvalue weighted by Crippen LogP contribution is 2.32. The summed E-state index contributed by atoms with van der Waals surface area (Å²) < 4.78 is 19.1. The van der Waals surface area contributed by atoms with Crippen molar-refractivity contribution in [2.24, 2.45) is 0 Å². The summed E-state index contributed by atoms with van der Waals surface area (Å²) in [5, 5.41) is 3.58. The molecule has 0 atom stereocenters. The minimum Gasteiger partial charge on any atom is -0.455 e. The van der Waals surface area contributed by atoms with Gasteiger partial charge in [0.2, 0.25) is 0 Å². The lowest BCUT2D eigenvalue weighted by atomic mass is 10.2. The Hall–Kier alpha value is -3.51. The largest absolute Gasteiger partial charge is 0.455 e. The Morgan fingerprint density at radius 2 is 1.66 bits per heavy atom. The Balaban J connectivity index is 1.57. The van der Waals surface area contributed by atoms with Gasteiger partial charge in [-0.1, -0.05) is 30.3 Å². The van der Waals surface area contributed by atoms with Gasteiger partial charge in [0.1, 0.15) is 21.5 Å². The maximum atomic E-state index is 13.2. The zero-order valence-corrected chi connectivity index (χ0v) is 16.4. The third kappa shape index (κ3) is 4.33. The predicted molar refractivity (Wildman–Crippen MR) is 113 cm³/mol. The van der Waals surface area contributed by atoms with Crippen LogP contribution in [0.15, 0.2) is 78.9 Å². The molecule has 1 aromatic heterocycles. The van der Waals surface area contributed by atoms with Gasteiger partial charge < -0.3 is 10.1 Å². The van der Waals surface area contributed by atoms with Crippen molar-refractivity contribution in [3.63, 3.8) is 0 Å². The van der Waals surface area contributed by atoms with E-state index >= 15 is 0 Å². The average molecular weight is 404 g/mol. The number of aromatic nitrogens is 1. The van der Waals surface area contributed by atoms with E-state index in [9.17, 15) is 9.18 Å². The summed E-state index contributed by atoms with van der Waals surface area (Å²) >= 11 is 1.27. The summed E-state index contributed by atoms with van der Waals surface area (Å²) in [7, 11) is 0. The highest BCUT2D eigenvalue weighted by Gasteiger charge is 2.18. The zero-order chi connectivity index (χ0) is 20.2. The lowest BCUT2D eigenvalue weighted by Crippen LogP contribution is -2.12. The van der Waals surface area contributed by atoms with Gasteiger partial charge >= 0.3 is 0 Å². The van der Waals surface area contributed by atoms with Gasteiger partial charge in [-0.05, 0) is 55.5 Å². The molecule has 1 amide bonds. The second-order valence-electron chi connectivity index (χ2n) is 6.31. The average Bonchev–Trinajstić information content (AvgIpc) is 3.12. The number of benzene rings is 3. The van der Waals surface area contributed by atoms with Gasteiger partial charge in [0.15, 0.2) is 5.75 Å². The Morgan fingerprint density at radius 1 is 0.966 bits per heavy atom. The van der Waals surface area contributed by atoms with Crippen molar-refractivity contribution in [3.8, 4) is 22.1 Å². The van der Waals surface area contributed by atoms with Gasteiger partial charge in [0, 0.05) is 5.56 Å². The lowest BCUT2D eigenvalue weighted by molar-refractivity contribution is 0.102. The first-order valence-electron chi connectivity index (χ1n) is 8.97. The van der Waals surface area contributed by atoms with Crippen LogP contribution in [0.2, 0.25) is 0 Å². The SMILES string of the molecule is Cc1nc(-c2ccc(F)cc2)sc1C(=O)Nc1ccccc1Oc1ccccc1. The third-order valence-corrected chi connectivity index (χ3v) is 5.41. The van der Waals surface area contributed by atoms with Crippen molar-refractivity contribution < 1.29 is 13.9 Å². The van der Waals surface area contributed by atoms with E-state index in [0.717, 1.165) is 5.56 Å². The van der Waals surface area contributed by atoms with Crippen molar-refractivity contribution in [3.05, 3.63) is 95.3 Å².